The van der Waals surface area contributed by atoms with Gasteiger partial charge in [0.1, 0.15) is 18.2 Å². The molecule has 9 nitrogen and oxygen atoms in total. The van der Waals surface area contributed by atoms with Crippen molar-refractivity contribution in [2.24, 2.45) is 0 Å². The summed E-state index contributed by atoms with van der Waals surface area (Å²) in [6, 6.07) is -1.72. The van der Waals surface area contributed by atoms with E-state index < -0.39 is 24.1 Å². The first kappa shape index (κ1) is 15.5. The first-order valence-electron chi connectivity index (χ1n) is 5.82. The minimum absolute atomic E-state index is 0.0173. The Morgan fingerprint density at radius 3 is 2.85 bits per heavy atom. The summed E-state index contributed by atoms with van der Waals surface area (Å²) in [5, 5.41) is 22.9. The predicted octanol–water partition coefficient (Wildman–Crippen LogP) is -1.90. The molecular formula is C11H16N6O3. The molecule has 3 amide bonds. The van der Waals surface area contributed by atoms with Crippen molar-refractivity contribution in [1.29, 1.82) is 0 Å². The van der Waals surface area contributed by atoms with Crippen LogP contribution in [0, 0.1) is 12.3 Å². The van der Waals surface area contributed by atoms with Crippen molar-refractivity contribution in [3.63, 3.8) is 0 Å². The number of rotatable bonds is 6. The van der Waals surface area contributed by atoms with Gasteiger partial charge in [0.25, 0.3) is 0 Å². The maximum Gasteiger partial charge on any atom is 0.315 e. The number of nitrogens with one attached hydrogen (secondary N) is 4. The molecule has 1 rings (SSSR count). The summed E-state index contributed by atoms with van der Waals surface area (Å²) in [5.41, 5.74) is 0. The zero-order valence-corrected chi connectivity index (χ0v) is 10.9. The fourth-order valence-corrected chi connectivity index (χ4v) is 1.33. The Bertz CT molecular complexity index is 479. The third-order valence-electron chi connectivity index (χ3n) is 2.30. The van der Waals surface area contributed by atoms with E-state index in [1.165, 1.54) is 13.3 Å². The van der Waals surface area contributed by atoms with Crippen molar-refractivity contribution in [1.82, 2.24) is 31.1 Å². The first-order chi connectivity index (χ1) is 9.54. The van der Waals surface area contributed by atoms with Crippen LogP contribution in [0.3, 0.4) is 0 Å². The number of aromatic nitrogens is 3. The van der Waals surface area contributed by atoms with Crippen molar-refractivity contribution in [2.45, 2.75) is 25.6 Å². The van der Waals surface area contributed by atoms with E-state index in [-0.39, 0.29) is 13.1 Å². The summed E-state index contributed by atoms with van der Waals surface area (Å²) < 4.78 is 0. The number of hydrogen-bond acceptors (Lipinski definition) is 5. The van der Waals surface area contributed by atoms with Gasteiger partial charge in [0.2, 0.25) is 5.91 Å². The molecule has 0 saturated carbocycles. The fourth-order valence-electron chi connectivity index (χ4n) is 1.33. The summed E-state index contributed by atoms with van der Waals surface area (Å²) in [6.07, 6.45) is 5.25. The molecular weight excluding hydrogens is 264 g/mol. The van der Waals surface area contributed by atoms with Crippen LogP contribution in [0.1, 0.15) is 12.7 Å². The van der Waals surface area contributed by atoms with Crippen LogP contribution < -0.4 is 16.0 Å². The van der Waals surface area contributed by atoms with Crippen LogP contribution >= 0.6 is 0 Å². The van der Waals surface area contributed by atoms with Crippen molar-refractivity contribution < 1.29 is 14.7 Å². The van der Waals surface area contributed by atoms with Crippen LogP contribution in [0.15, 0.2) is 6.33 Å². The molecule has 0 unspecified atom stereocenters. The lowest BCUT2D eigenvalue weighted by Crippen LogP contribution is -2.54. The number of urea groups is 1. The molecule has 5 N–H and O–H groups in total. The van der Waals surface area contributed by atoms with E-state index in [2.05, 4.69) is 37.1 Å². The number of carbonyl (C=O) groups is 2. The second-order valence-corrected chi connectivity index (χ2v) is 3.90. The smallest absolute Gasteiger partial charge is 0.315 e. The Labute approximate surface area is 115 Å². The van der Waals surface area contributed by atoms with Gasteiger partial charge in [0.05, 0.1) is 19.2 Å². The molecule has 1 aromatic rings. The molecule has 20 heavy (non-hydrogen) atoms. The number of amides is 3. The van der Waals surface area contributed by atoms with E-state index in [1.807, 2.05) is 0 Å². The van der Waals surface area contributed by atoms with E-state index in [0.29, 0.717) is 5.82 Å². The average molecular weight is 280 g/mol. The van der Waals surface area contributed by atoms with Gasteiger partial charge in [-0.15, -0.1) is 6.42 Å². The highest BCUT2D eigenvalue weighted by atomic mass is 16.3. The second kappa shape index (κ2) is 7.75. The Hall–Kier alpha value is -2.60. The number of H-pyrrole nitrogens is 1. The lowest BCUT2D eigenvalue weighted by molar-refractivity contribution is -0.124. The number of hydrogen-bond donors (Lipinski definition) is 5. The molecule has 2 atom stereocenters. The van der Waals surface area contributed by atoms with E-state index in [9.17, 15) is 14.7 Å². The van der Waals surface area contributed by atoms with Crippen LogP contribution in [0.2, 0.25) is 0 Å². The quantitative estimate of drug-likeness (QED) is 0.388. The van der Waals surface area contributed by atoms with Gasteiger partial charge in [-0.2, -0.15) is 5.10 Å². The maximum atomic E-state index is 11.7. The van der Waals surface area contributed by atoms with E-state index >= 15 is 0 Å². The lowest BCUT2D eigenvalue weighted by Gasteiger charge is -2.20. The number of carbonyl (C=O) groups excluding carboxylic acids is 2. The van der Waals surface area contributed by atoms with Gasteiger partial charge in [-0.25, -0.2) is 9.78 Å². The summed E-state index contributed by atoms with van der Waals surface area (Å²) in [7, 11) is 0. The van der Waals surface area contributed by atoms with Gasteiger partial charge in [0, 0.05) is 0 Å². The summed E-state index contributed by atoms with van der Waals surface area (Å²) in [4.78, 5) is 27.1. The standard InChI is InChI=1S/C11H16N6O3/c1-3-4-12-10(19)9(7(2)18)16-11(20)13-5-8-14-6-15-17-8/h1,6-7,9,18H,4-5H2,2H3,(H,12,19)(H2,13,16,20)(H,14,15,17)/t7-,9+/m1/s1. The molecule has 0 bridgehead atoms. The summed E-state index contributed by atoms with van der Waals surface area (Å²) in [6.45, 7) is 1.52. The number of terminal acetylenes is 1. The third-order valence-corrected chi connectivity index (χ3v) is 2.30. The van der Waals surface area contributed by atoms with E-state index in [4.69, 9.17) is 6.42 Å². The Morgan fingerprint density at radius 1 is 1.55 bits per heavy atom. The summed E-state index contributed by atoms with van der Waals surface area (Å²) in [5.74, 6) is 2.13. The number of nitrogens with zero attached hydrogens (tertiary/aromatic N) is 2. The van der Waals surface area contributed by atoms with Crippen molar-refractivity contribution in [3.05, 3.63) is 12.2 Å². The molecule has 0 aliphatic heterocycles. The monoisotopic (exact) mass is 280 g/mol. The highest BCUT2D eigenvalue weighted by Crippen LogP contribution is 1.93. The normalized spacial score (nSPS) is 12.8. The minimum Gasteiger partial charge on any atom is -0.391 e. The van der Waals surface area contributed by atoms with Crippen molar-refractivity contribution in [3.8, 4) is 12.3 Å². The molecule has 0 aliphatic rings. The highest BCUT2D eigenvalue weighted by molar-refractivity contribution is 5.87. The van der Waals surface area contributed by atoms with Gasteiger partial charge >= 0.3 is 6.03 Å². The van der Waals surface area contributed by atoms with Crippen LogP contribution in [0.5, 0.6) is 0 Å². The second-order valence-electron chi connectivity index (χ2n) is 3.90. The average Bonchev–Trinajstić information content (AvgIpc) is 2.92. The fraction of sp³-hybridized carbons (Fsp3) is 0.455. The molecule has 0 fully saturated rings. The Morgan fingerprint density at radius 2 is 2.30 bits per heavy atom. The van der Waals surface area contributed by atoms with Crippen molar-refractivity contribution in [2.75, 3.05) is 6.54 Å². The molecule has 0 saturated heterocycles. The minimum atomic E-state index is -1.10. The molecule has 0 spiro atoms. The van der Waals surface area contributed by atoms with Gasteiger partial charge in [-0.3, -0.25) is 9.89 Å². The molecule has 0 aromatic carbocycles. The van der Waals surface area contributed by atoms with Crippen molar-refractivity contribution >= 4 is 11.9 Å². The van der Waals surface area contributed by atoms with Gasteiger partial charge in [0.15, 0.2) is 0 Å². The number of aromatic amines is 1. The Kier molecular flexibility index (Phi) is 5.99. The van der Waals surface area contributed by atoms with E-state index in [1.54, 1.807) is 0 Å². The highest BCUT2D eigenvalue weighted by Gasteiger charge is 2.25. The predicted molar refractivity (Wildman–Crippen MR) is 69.1 cm³/mol. The molecule has 108 valence electrons. The van der Waals surface area contributed by atoms with Gasteiger partial charge < -0.3 is 21.1 Å². The molecule has 0 radical (unpaired) electrons. The molecule has 1 aromatic heterocycles. The molecule has 1 heterocycles. The van der Waals surface area contributed by atoms with Crippen LogP contribution in [0.4, 0.5) is 4.79 Å². The van der Waals surface area contributed by atoms with E-state index in [0.717, 1.165) is 0 Å². The SMILES string of the molecule is C#CCNC(=O)[C@@H](NC(=O)NCc1ncn[nH]1)[C@@H](C)O. The topological polar surface area (TPSA) is 132 Å². The summed E-state index contributed by atoms with van der Waals surface area (Å²) >= 11 is 0. The Balaban J connectivity index is 2.46. The zero-order chi connectivity index (χ0) is 15.0. The number of aliphatic hydroxyl groups is 1. The van der Waals surface area contributed by atoms with Crippen LogP contribution in [-0.4, -0.2) is 50.9 Å². The third kappa shape index (κ3) is 4.95. The van der Waals surface area contributed by atoms with Crippen LogP contribution in [0.25, 0.3) is 0 Å². The van der Waals surface area contributed by atoms with Gasteiger partial charge in [-0.1, -0.05) is 5.92 Å². The lowest BCUT2D eigenvalue weighted by atomic mass is 10.1. The van der Waals surface area contributed by atoms with Gasteiger partial charge in [-0.05, 0) is 6.92 Å². The first-order valence-corrected chi connectivity index (χ1v) is 5.82. The van der Waals surface area contributed by atoms with Crippen LogP contribution in [-0.2, 0) is 11.3 Å². The number of aliphatic hydroxyl groups excluding tert-OH is 1. The molecule has 9 heteroatoms. The molecule has 0 aliphatic carbocycles. The zero-order valence-electron chi connectivity index (χ0n) is 10.9. The largest absolute Gasteiger partial charge is 0.391 e. The maximum absolute atomic E-state index is 11.7.